The van der Waals surface area contributed by atoms with Gasteiger partial charge in [0.15, 0.2) is 0 Å². The van der Waals surface area contributed by atoms with E-state index in [1.807, 2.05) is 25.2 Å². The van der Waals surface area contributed by atoms with Crippen LogP contribution in [0.1, 0.15) is 30.0 Å². The topological polar surface area (TPSA) is 12.0 Å². The third-order valence-corrected chi connectivity index (χ3v) is 3.45. The van der Waals surface area contributed by atoms with Gasteiger partial charge in [-0.05, 0) is 43.5 Å². The summed E-state index contributed by atoms with van der Waals surface area (Å²) >= 11 is 0. The van der Waals surface area contributed by atoms with Gasteiger partial charge >= 0.3 is 0 Å². The Balaban J connectivity index is 1.89. The highest BCUT2D eigenvalue weighted by atomic mass is 19.1. The van der Waals surface area contributed by atoms with Crippen molar-refractivity contribution in [2.75, 3.05) is 7.05 Å². The first-order valence-electron chi connectivity index (χ1n) is 6.77. The second kappa shape index (κ2) is 7.05. The highest BCUT2D eigenvalue weighted by Gasteiger charge is 2.09. The molecule has 0 saturated carbocycles. The molecular weight excluding hydrogens is 237 g/mol. The van der Waals surface area contributed by atoms with Crippen LogP contribution in [0.15, 0.2) is 54.6 Å². The summed E-state index contributed by atoms with van der Waals surface area (Å²) in [6.45, 7) is 0. The predicted molar refractivity (Wildman–Crippen MR) is 77.6 cm³/mol. The van der Waals surface area contributed by atoms with E-state index in [-0.39, 0.29) is 5.82 Å². The maximum absolute atomic E-state index is 13.5. The van der Waals surface area contributed by atoms with E-state index in [9.17, 15) is 4.39 Å². The van der Waals surface area contributed by atoms with E-state index >= 15 is 0 Å². The minimum Gasteiger partial charge on any atom is -0.313 e. The zero-order valence-corrected chi connectivity index (χ0v) is 11.3. The molecule has 0 aromatic heterocycles. The minimum atomic E-state index is -0.0942. The number of halogens is 1. The first-order valence-corrected chi connectivity index (χ1v) is 6.77. The van der Waals surface area contributed by atoms with Crippen molar-refractivity contribution in [3.05, 3.63) is 71.5 Å². The minimum absolute atomic E-state index is 0.0942. The lowest BCUT2D eigenvalue weighted by molar-refractivity contribution is 0.520. The van der Waals surface area contributed by atoms with Gasteiger partial charge in [-0.2, -0.15) is 0 Å². The summed E-state index contributed by atoms with van der Waals surface area (Å²) < 4.78 is 13.5. The fraction of sp³-hybridized carbons (Fsp3) is 0.294. The molecule has 0 fully saturated rings. The quantitative estimate of drug-likeness (QED) is 0.821. The molecule has 1 nitrogen and oxygen atoms in total. The second-order valence-electron chi connectivity index (χ2n) is 4.74. The molecular formula is C17H20FN. The van der Waals surface area contributed by atoms with Crippen LogP contribution in [0.5, 0.6) is 0 Å². The van der Waals surface area contributed by atoms with Crippen molar-refractivity contribution < 1.29 is 4.39 Å². The normalized spacial score (nSPS) is 12.3. The van der Waals surface area contributed by atoms with E-state index in [0.717, 1.165) is 24.8 Å². The Labute approximate surface area is 114 Å². The smallest absolute Gasteiger partial charge is 0.126 e. The number of rotatable bonds is 6. The summed E-state index contributed by atoms with van der Waals surface area (Å²) in [6, 6.07) is 17.8. The van der Waals surface area contributed by atoms with E-state index in [4.69, 9.17) is 0 Å². The first-order chi connectivity index (χ1) is 9.31. The second-order valence-corrected chi connectivity index (χ2v) is 4.74. The lowest BCUT2D eigenvalue weighted by Gasteiger charge is -2.16. The lowest BCUT2D eigenvalue weighted by Crippen LogP contribution is -2.16. The van der Waals surface area contributed by atoms with Gasteiger partial charge in [-0.15, -0.1) is 0 Å². The van der Waals surface area contributed by atoms with Gasteiger partial charge in [-0.25, -0.2) is 4.39 Å². The molecule has 2 aromatic rings. The van der Waals surface area contributed by atoms with Gasteiger partial charge in [0.05, 0.1) is 0 Å². The van der Waals surface area contributed by atoms with Crippen LogP contribution in [-0.2, 0) is 6.42 Å². The van der Waals surface area contributed by atoms with Crippen molar-refractivity contribution in [3.8, 4) is 0 Å². The van der Waals surface area contributed by atoms with Crippen molar-refractivity contribution in [2.24, 2.45) is 0 Å². The Kier molecular flexibility index (Phi) is 5.10. The predicted octanol–water partition coefficient (Wildman–Crippen LogP) is 4.11. The molecule has 0 saturated heterocycles. The Morgan fingerprint density at radius 3 is 2.37 bits per heavy atom. The van der Waals surface area contributed by atoms with Gasteiger partial charge in [0.25, 0.3) is 0 Å². The Bertz CT molecular complexity index is 496. The molecule has 1 atom stereocenters. The molecule has 2 heteroatoms. The lowest BCUT2D eigenvalue weighted by atomic mass is 9.99. The van der Waals surface area contributed by atoms with Gasteiger partial charge < -0.3 is 5.32 Å². The van der Waals surface area contributed by atoms with Gasteiger partial charge in [-0.1, -0.05) is 48.5 Å². The summed E-state index contributed by atoms with van der Waals surface area (Å²) in [5.74, 6) is -0.0942. The Morgan fingerprint density at radius 1 is 1.00 bits per heavy atom. The van der Waals surface area contributed by atoms with Gasteiger partial charge in [-0.3, -0.25) is 0 Å². The van der Waals surface area contributed by atoms with Gasteiger partial charge in [0.2, 0.25) is 0 Å². The number of hydrogen-bond donors (Lipinski definition) is 1. The number of hydrogen-bond acceptors (Lipinski definition) is 1. The molecule has 1 N–H and O–H groups in total. The molecule has 1 unspecified atom stereocenters. The first kappa shape index (κ1) is 13.8. The zero-order valence-electron chi connectivity index (χ0n) is 11.3. The van der Waals surface area contributed by atoms with Crippen molar-refractivity contribution in [1.82, 2.24) is 5.32 Å². The van der Waals surface area contributed by atoms with Crippen molar-refractivity contribution >= 4 is 0 Å². The monoisotopic (exact) mass is 257 g/mol. The summed E-state index contributed by atoms with van der Waals surface area (Å²) in [7, 11) is 1.97. The number of aryl methyl sites for hydroxylation is 1. The average Bonchev–Trinajstić information content (AvgIpc) is 2.46. The third-order valence-electron chi connectivity index (χ3n) is 3.45. The Hall–Kier alpha value is -1.67. The van der Waals surface area contributed by atoms with Crippen LogP contribution in [0.2, 0.25) is 0 Å². The fourth-order valence-electron chi connectivity index (χ4n) is 2.36. The summed E-state index contributed by atoms with van der Waals surface area (Å²) in [5, 5.41) is 3.33. The SMILES string of the molecule is CNC(CCCc1ccccc1F)c1ccccc1. The van der Waals surface area contributed by atoms with Gasteiger partial charge in [0.1, 0.15) is 5.82 Å². The third kappa shape index (κ3) is 3.90. The molecule has 2 aromatic carbocycles. The van der Waals surface area contributed by atoms with E-state index in [2.05, 4.69) is 29.6 Å². The van der Waals surface area contributed by atoms with E-state index in [1.54, 1.807) is 6.07 Å². The molecule has 100 valence electrons. The van der Waals surface area contributed by atoms with Crippen LogP contribution in [0.4, 0.5) is 4.39 Å². The molecule has 0 aliphatic heterocycles. The number of benzene rings is 2. The van der Waals surface area contributed by atoms with Crippen molar-refractivity contribution in [3.63, 3.8) is 0 Å². The fourth-order valence-corrected chi connectivity index (χ4v) is 2.36. The largest absolute Gasteiger partial charge is 0.313 e. The van der Waals surface area contributed by atoms with Crippen LogP contribution in [0, 0.1) is 5.82 Å². The molecule has 0 heterocycles. The van der Waals surface area contributed by atoms with Crippen molar-refractivity contribution in [1.29, 1.82) is 0 Å². The molecule has 0 radical (unpaired) electrons. The Morgan fingerprint density at radius 2 is 1.68 bits per heavy atom. The molecule has 2 rings (SSSR count). The van der Waals surface area contributed by atoms with E-state index in [0.29, 0.717) is 6.04 Å². The maximum atomic E-state index is 13.5. The molecule has 19 heavy (non-hydrogen) atoms. The molecule has 0 spiro atoms. The van der Waals surface area contributed by atoms with Crippen LogP contribution < -0.4 is 5.32 Å². The summed E-state index contributed by atoms with van der Waals surface area (Å²) in [6.07, 6.45) is 2.77. The zero-order chi connectivity index (χ0) is 13.5. The van der Waals surface area contributed by atoms with E-state index in [1.165, 1.54) is 11.6 Å². The summed E-state index contributed by atoms with van der Waals surface area (Å²) in [5.41, 5.74) is 2.10. The van der Waals surface area contributed by atoms with E-state index < -0.39 is 0 Å². The van der Waals surface area contributed by atoms with Gasteiger partial charge in [0, 0.05) is 6.04 Å². The molecule has 0 aliphatic rings. The van der Waals surface area contributed by atoms with Crippen molar-refractivity contribution in [2.45, 2.75) is 25.3 Å². The number of nitrogens with one attached hydrogen (secondary N) is 1. The molecule has 0 aliphatic carbocycles. The van der Waals surface area contributed by atoms with Crippen LogP contribution in [-0.4, -0.2) is 7.05 Å². The van der Waals surface area contributed by atoms with Crippen LogP contribution in [0.3, 0.4) is 0 Å². The molecule has 0 amide bonds. The van der Waals surface area contributed by atoms with Crippen LogP contribution in [0.25, 0.3) is 0 Å². The standard InChI is InChI=1S/C17H20FN/c1-19-17(15-9-3-2-4-10-15)13-7-11-14-8-5-6-12-16(14)18/h2-6,8-10,12,17,19H,7,11,13H2,1H3. The van der Waals surface area contributed by atoms with Crippen LogP contribution >= 0.6 is 0 Å². The highest BCUT2D eigenvalue weighted by molar-refractivity contribution is 5.19. The molecule has 0 bridgehead atoms. The summed E-state index contributed by atoms with van der Waals surface area (Å²) in [4.78, 5) is 0. The average molecular weight is 257 g/mol. The highest BCUT2D eigenvalue weighted by Crippen LogP contribution is 2.19. The maximum Gasteiger partial charge on any atom is 0.126 e.